The van der Waals surface area contributed by atoms with Crippen molar-refractivity contribution in [1.29, 1.82) is 0 Å². The number of nitrogens with zero attached hydrogens (tertiary/aromatic N) is 4. The van der Waals surface area contributed by atoms with Crippen LogP contribution in [-0.2, 0) is 13.5 Å². The molecule has 156 valence electrons. The number of aromatic nitrogens is 4. The van der Waals surface area contributed by atoms with E-state index in [1.165, 1.54) is 5.56 Å². The minimum atomic E-state index is 0.000792. The fourth-order valence-corrected chi connectivity index (χ4v) is 3.99. The molecule has 0 amide bonds. The van der Waals surface area contributed by atoms with Gasteiger partial charge in [-0.25, -0.2) is 0 Å². The minimum absolute atomic E-state index is 0.000792. The van der Waals surface area contributed by atoms with Crippen LogP contribution in [0.15, 0.2) is 51.6 Å². The van der Waals surface area contributed by atoms with E-state index in [2.05, 4.69) is 39.5 Å². The molecule has 3 aromatic heterocycles. The third-order valence-electron chi connectivity index (χ3n) is 5.64. The molecule has 0 saturated carbocycles. The number of aryl methyl sites for hydroxylation is 2. The molecule has 0 radical (unpaired) electrons. The monoisotopic (exact) mass is 414 g/mol. The Kier molecular flexibility index (Phi) is 4.66. The van der Waals surface area contributed by atoms with Crippen molar-refractivity contribution in [2.24, 2.45) is 7.05 Å². The van der Waals surface area contributed by atoms with Crippen molar-refractivity contribution in [3.63, 3.8) is 0 Å². The van der Waals surface area contributed by atoms with Gasteiger partial charge < -0.3 is 8.94 Å². The maximum Gasteiger partial charge on any atom is 0.254 e. The molecular formula is C24H22N4O3. The van der Waals surface area contributed by atoms with Crippen LogP contribution in [0.1, 0.15) is 58.4 Å². The number of carbonyl (C=O) groups excluding carboxylic acids is 1. The zero-order valence-corrected chi connectivity index (χ0v) is 17.6. The Morgan fingerprint density at radius 1 is 1.26 bits per heavy atom. The first kappa shape index (κ1) is 19.2. The molecule has 0 bridgehead atoms. The molecule has 4 aromatic rings. The van der Waals surface area contributed by atoms with Crippen LogP contribution in [0.5, 0.6) is 0 Å². The van der Waals surface area contributed by atoms with E-state index < -0.39 is 0 Å². The van der Waals surface area contributed by atoms with E-state index in [-0.39, 0.29) is 11.7 Å². The lowest BCUT2D eigenvalue weighted by molar-refractivity contribution is 0.0967. The highest BCUT2D eigenvalue weighted by atomic mass is 16.5. The van der Waals surface area contributed by atoms with E-state index >= 15 is 0 Å². The van der Waals surface area contributed by atoms with E-state index in [0.717, 1.165) is 34.6 Å². The molecule has 1 aliphatic rings. The van der Waals surface area contributed by atoms with Crippen molar-refractivity contribution in [3.8, 4) is 11.3 Å². The Labute approximate surface area is 179 Å². The van der Waals surface area contributed by atoms with Crippen molar-refractivity contribution >= 4 is 17.4 Å². The number of hydrogen-bond acceptors (Lipinski definition) is 6. The van der Waals surface area contributed by atoms with Gasteiger partial charge in [-0.15, -0.1) is 0 Å². The molecule has 0 aliphatic heterocycles. The van der Waals surface area contributed by atoms with E-state index in [1.54, 1.807) is 10.9 Å². The zero-order valence-electron chi connectivity index (χ0n) is 17.6. The predicted molar refractivity (Wildman–Crippen MR) is 115 cm³/mol. The number of ketones is 1. The first-order valence-corrected chi connectivity index (χ1v) is 10.2. The summed E-state index contributed by atoms with van der Waals surface area (Å²) in [6.07, 6.45) is 4.82. The minimum Gasteiger partial charge on any atom is -0.469 e. The predicted octanol–water partition coefficient (Wildman–Crippen LogP) is 4.84. The van der Waals surface area contributed by atoms with Crippen molar-refractivity contribution in [1.82, 2.24) is 19.9 Å². The molecule has 0 N–H and O–H groups in total. The number of allylic oxidation sites excluding steroid dienone is 1. The van der Waals surface area contributed by atoms with Gasteiger partial charge in [-0.2, -0.15) is 10.1 Å². The van der Waals surface area contributed by atoms with Gasteiger partial charge in [-0.1, -0.05) is 24.2 Å². The Bertz CT molecular complexity index is 1290. The maximum atomic E-state index is 12.8. The number of rotatable bonds is 6. The lowest BCUT2D eigenvalue weighted by atomic mass is 9.99. The molecule has 31 heavy (non-hydrogen) atoms. The van der Waals surface area contributed by atoms with Gasteiger partial charge in [0.25, 0.3) is 5.89 Å². The molecule has 7 heteroatoms. The van der Waals surface area contributed by atoms with E-state index in [4.69, 9.17) is 8.94 Å². The highest BCUT2D eigenvalue weighted by Crippen LogP contribution is 2.34. The van der Waals surface area contributed by atoms with Crippen molar-refractivity contribution < 1.29 is 13.7 Å². The van der Waals surface area contributed by atoms with Crippen LogP contribution in [-0.4, -0.2) is 25.7 Å². The van der Waals surface area contributed by atoms with Gasteiger partial charge in [0.2, 0.25) is 0 Å². The summed E-state index contributed by atoms with van der Waals surface area (Å²) in [6.45, 7) is 3.79. The molecule has 0 fully saturated rings. The van der Waals surface area contributed by atoms with E-state index in [9.17, 15) is 4.79 Å². The standard InChI is InChI=1S/C24H22N4O3/c1-14(23-5-4-8-30-23)9-22(29)20-13-21(28(3)26-20)17-7-6-16-10-19(12-18(16)11-17)24-25-15(2)27-31-24/h4-8,11-14H,9-10H2,1-3H3. The molecule has 0 saturated heterocycles. The molecule has 0 spiro atoms. The Balaban J connectivity index is 1.39. The summed E-state index contributed by atoms with van der Waals surface area (Å²) in [5.74, 6) is 2.00. The van der Waals surface area contributed by atoms with Crippen molar-refractivity contribution in [2.45, 2.75) is 32.6 Å². The second-order valence-electron chi connectivity index (χ2n) is 7.99. The molecule has 1 aliphatic carbocycles. The molecule has 1 unspecified atom stereocenters. The Morgan fingerprint density at radius 3 is 2.87 bits per heavy atom. The van der Waals surface area contributed by atoms with Gasteiger partial charge in [0, 0.05) is 36.9 Å². The Morgan fingerprint density at radius 2 is 2.13 bits per heavy atom. The second kappa shape index (κ2) is 7.50. The quantitative estimate of drug-likeness (QED) is 0.419. The SMILES string of the molecule is Cc1noc(C2=Cc3cc(-c4cc(C(=O)CC(C)c5ccco5)nn4C)ccc3C2)n1. The molecule has 3 heterocycles. The summed E-state index contributed by atoms with van der Waals surface area (Å²) in [4.78, 5) is 17.1. The molecule has 5 rings (SSSR count). The van der Waals surface area contributed by atoms with Gasteiger partial charge in [-0.05, 0) is 48.4 Å². The number of hydrogen-bond donors (Lipinski definition) is 0. The van der Waals surface area contributed by atoms with Crippen LogP contribution in [0.4, 0.5) is 0 Å². The molecule has 1 aromatic carbocycles. The lowest BCUT2D eigenvalue weighted by Crippen LogP contribution is -2.06. The van der Waals surface area contributed by atoms with Crippen molar-refractivity contribution in [2.75, 3.05) is 0 Å². The van der Waals surface area contributed by atoms with Gasteiger partial charge in [-0.3, -0.25) is 9.48 Å². The number of benzene rings is 1. The summed E-state index contributed by atoms with van der Waals surface area (Å²) in [6, 6.07) is 11.9. The van der Waals surface area contributed by atoms with Gasteiger partial charge in [0.1, 0.15) is 11.5 Å². The summed E-state index contributed by atoms with van der Waals surface area (Å²) < 4.78 is 12.5. The highest BCUT2D eigenvalue weighted by Gasteiger charge is 2.21. The van der Waals surface area contributed by atoms with Crippen LogP contribution in [0.3, 0.4) is 0 Å². The fraction of sp³-hybridized carbons (Fsp3) is 0.250. The van der Waals surface area contributed by atoms with Crippen LogP contribution in [0.25, 0.3) is 22.9 Å². The largest absolute Gasteiger partial charge is 0.469 e. The van der Waals surface area contributed by atoms with Crippen LogP contribution in [0.2, 0.25) is 0 Å². The molecule has 7 nitrogen and oxygen atoms in total. The Hall–Kier alpha value is -3.74. The van der Waals surface area contributed by atoms with Crippen LogP contribution < -0.4 is 0 Å². The number of Topliss-reactive ketones (excluding diaryl/α,β-unsaturated/α-hetero) is 1. The second-order valence-corrected chi connectivity index (χ2v) is 7.99. The third-order valence-corrected chi connectivity index (χ3v) is 5.64. The normalized spacial score (nSPS) is 13.8. The summed E-state index contributed by atoms with van der Waals surface area (Å²) in [5.41, 5.74) is 5.71. The third kappa shape index (κ3) is 3.63. The van der Waals surface area contributed by atoms with Crippen LogP contribution >= 0.6 is 0 Å². The van der Waals surface area contributed by atoms with E-state index in [1.807, 2.05) is 39.1 Å². The summed E-state index contributed by atoms with van der Waals surface area (Å²) in [7, 11) is 1.86. The summed E-state index contributed by atoms with van der Waals surface area (Å²) >= 11 is 0. The zero-order chi connectivity index (χ0) is 21.5. The van der Waals surface area contributed by atoms with Gasteiger partial charge >= 0.3 is 0 Å². The average Bonchev–Trinajstić information content (AvgIpc) is 3.53. The topological polar surface area (TPSA) is 87.0 Å². The van der Waals surface area contributed by atoms with Gasteiger partial charge in [0.15, 0.2) is 11.6 Å². The highest BCUT2D eigenvalue weighted by molar-refractivity contribution is 5.96. The first-order chi connectivity index (χ1) is 15.0. The fourth-order valence-electron chi connectivity index (χ4n) is 3.99. The van der Waals surface area contributed by atoms with Crippen LogP contribution in [0, 0.1) is 6.92 Å². The van der Waals surface area contributed by atoms with Crippen molar-refractivity contribution in [3.05, 3.63) is 77.0 Å². The van der Waals surface area contributed by atoms with Gasteiger partial charge in [0.05, 0.1) is 12.0 Å². The molecular weight excluding hydrogens is 392 g/mol. The number of carbonyl (C=O) groups is 1. The smallest absolute Gasteiger partial charge is 0.254 e. The summed E-state index contributed by atoms with van der Waals surface area (Å²) in [5, 5.41) is 8.35. The number of fused-ring (bicyclic) bond motifs is 1. The molecule has 1 atom stereocenters. The lowest BCUT2D eigenvalue weighted by Gasteiger charge is -2.05. The van der Waals surface area contributed by atoms with E-state index in [0.29, 0.717) is 23.8 Å². The average molecular weight is 414 g/mol. The maximum absolute atomic E-state index is 12.8. The number of furan rings is 1. The first-order valence-electron chi connectivity index (χ1n) is 10.2.